The van der Waals surface area contributed by atoms with E-state index in [-0.39, 0.29) is 0 Å². The molecular weight excluding hydrogens is 206 g/mol. The lowest BCUT2D eigenvalue weighted by atomic mass is 9.79. The van der Waals surface area contributed by atoms with Crippen LogP contribution in [0.3, 0.4) is 0 Å². The highest BCUT2D eigenvalue weighted by molar-refractivity contribution is 5.26. The summed E-state index contributed by atoms with van der Waals surface area (Å²) >= 11 is 0. The zero-order valence-corrected chi connectivity index (χ0v) is 11.5. The molecule has 3 unspecified atom stereocenters. The summed E-state index contributed by atoms with van der Waals surface area (Å²) in [5, 5.41) is 3.36. The van der Waals surface area contributed by atoms with E-state index < -0.39 is 0 Å². The van der Waals surface area contributed by atoms with Crippen LogP contribution in [0.15, 0.2) is 30.3 Å². The van der Waals surface area contributed by atoms with E-state index in [4.69, 9.17) is 0 Å². The molecule has 0 spiro atoms. The maximum Gasteiger partial charge on any atom is 0.00409 e. The van der Waals surface area contributed by atoms with E-state index in [0.717, 1.165) is 11.8 Å². The van der Waals surface area contributed by atoms with Crippen molar-refractivity contribution >= 4 is 0 Å². The van der Waals surface area contributed by atoms with Gasteiger partial charge >= 0.3 is 0 Å². The molecular formula is C16H25N. The van der Waals surface area contributed by atoms with Gasteiger partial charge in [0.1, 0.15) is 0 Å². The minimum absolute atomic E-state index is 0.447. The molecule has 1 saturated carbocycles. The molecule has 0 heterocycles. The maximum atomic E-state index is 3.36. The molecule has 0 radical (unpaired) electrons. The molecule has 0 bridgehead atoms. The SMILES string of the molecule is CNC(C)CC(C)(C)C1CC1c1ccccc1. The maximum absolute atomic E-state index is 3.36. The van der Waals surface area contributed by atoms with Gasteiger partial charge in [0.05, 0.1) is 0 Å². The van der Waals surface area contributed by atoms with Crippen molar-refractivity contribution in [1.82, 2.24) is 5.32 Å². The summed E-state index contributed by atoms with van der Waals surface area (Å²) < 4.78 is 0. The Morgan fingerprint density at radius 3 is 2.53 bits per heavy atom. The highest BCUT2D eigenvalue weighted by atomic mass is 14.9. The largest absolute Gasteiger partial charge is 0.317 e. The van der Waals surface area contributed by atoms with Gasteiger partial charge in [0.25, 0.3) is 0 Å². The highest BCUT2D eigenvalue weighted by Gasteiger charge is 2.48. The van der Waals surface area contributed by atoms with Crippen LogP contribution < -0.4 is 5.32 Å². The number of hydrogen-bond acceptors (Lipinski definition) is 1. The summed E-state index contributed by atoms with van der Waals surface area (Å²) in [6.45, 7) is 7.13. The molecule has 1 fully saturated rings. The van der Waals surface area contributed by atoms with Crippen LogP contribution in [-0.2, 0) is 0 Å². The Kier molecular flexibility index (Phi) is 3.58. The van der Waals surface area contributed by atoms with Crippen LogP contribution in [0.4, 0.5) is 0 Å². The Labute approximate surface area is 106 Å². The Balaban J connectivity index is 1.98. The van der Waals surface area contributed by atoms with Crippen LogP contribution in [0.2, 0.25) is 0 Å². The van der Waals surface area contributed by atoms with Crippen molar-refractivity contribution in [3.05, 3.63) is 35.9 Å². The molecule has 2 rings (SSSR count). The van der Waals surface area contributed by atoms with E-state index in [9.17, 15) is 0 Å². The highest BCUT2D eigenvalue weighted by Crippen LogP contribution is 2.58. The fourth-order valence-electron chi connectivity index (χ4n) is 3.17. The van der Waals surface area contributed by atoms with Gasteiger partial charge in [0.15, 0.2) is 0 Å². The Morgan fingerprint density at radius 2 is 1.94 bits per heavy atom. The minimum Gasteiger partial charge on any atom is -0.317 e. The van der Waals surface area contributed by atoms with Crippen molar-refractivity contribution in [1.29, 1.82) is 0 Å². The summed E-state index contributed by atoms with van der Waals surface area (Å²) in [7, 11) is 2.06. The number of nitrogens with one attached hydrogen (secondary N) is 1. The molecule has 0 aliphatic heterocycles. The van der Waals surface area contributed by atoms with Crippen molar-refractivity contribution < 1.29 is 0 Å². The summed E-state index contributed by atoms with van der Waals surface area (Å²) in [4.78, 5) is 0. The zero-order valence-electron chi connectivity index (χ0n) is 11.5. The normalized spacial score (nSPS) is 25.6. The fourth-order valence-corrected chi connectivity index (χ4v) is 3.17. The molecule has 0 aromatic heterocycles. The van der Waals surface area contributed by atoms with Crippen LogP contribution >= 0.6 is 0 Å². The Morgan fingerprint density at radius 1 is 1.29 bits per heavy atom. The van der Waals surface area contributed by atoms with Gasteiger partial charge in [-0.1, -0.05) is 44.2 Å². The van der Waals surface area contributed by atoms with Gasteiger partial charge in [0.2, 0.25) is 0 Å². The second-order valence-corrected chi connectivity index (χ2v) is 6.24. The molecule has 3 atom stereocenters. The first kappa shape index (κ1) is 12.6. The number of rotatable bonds is 5. The summed E-state index contributed by atoms with van der Waals surface area (Å²) in [5.74, 6) is 1.66. The van der Waals surface area contributed by atoms with E-state index in [1.54, 1.807) is 0 Å². The molecule has 1 aliphatic carbocycles. The molecule has 0 amide bonds. The van der Waals surface area contributed by atoms with Crippen LogP contribution in [0, 0.1) is 11.3 Å². The van der Waals surface area contributed by atoms with Crippen molar-refractivity contribution in [2.45, 2.75) is 45.6 Å². The van der Waals surface area contributed by atoms with Crippen LogP contribution in [0.25, 0.3) is 0 Å². The topological polar surface area (TPSA) is 12.0 Å². The zero-order chi connectivity index (χ0) is 12.5. The van der Waals surface area contributed by atoms with E-state index in [2.05, 4.69) is 63.5 Å². The first-order chi connectivity index (χ1) is 8.04. The van der Waals surface area contributed by atoms with Crippen molar-refractivity contribution in [3.63, 3.8) is 0 Å². The van der Waals surface area contributed by atoms with E-state index >= 15 is 0 Å². The third-order valence-electron chi connectivity index (χ3n) is 4.35. The Hall–Kier alpha value is -0.820. The minimum atomic E-state index is 0.447. The number of benzene rings is 1. The van der Waals surface area contributed by atoms with E-state index in [1.807, 2.05) is 0 Å². The summed E-state index contributed by atoms with van der Waals surface area (Å²) in [6, 6.07) is 11.6. The van der Waals surface area contributed by atoms with Crippen LogP contribution in [-0.4, -0.2) is 13.1 Å². The molecule has 94 valence electrons. The second kappa shape index (κ2) is 4.81. The lowest BCUT2D eigenvalue weighted by molar-refractivity contribution is 0.248. The second-order valence-electron chi connectivity index (χ2n) is 6.24. The van der Waals surface area contributed by atoms with Crippen molar-refractivity contribution in [2.75, 3.05) is 7.05 Å². The first-order valence-electron chi connectivity index (χ1n) is 6.77. The molecule has 1 nitrogen and oxygen atoms in total. The van der Waals surface area contributed by atoms with E-state index in [0.29, 0.717) is 11.5 Å². The van der Waals surface area contributed by atoms with Crippen LogP contribution in [0.5, 0.6) is 0 Å². The van der Waals surface area contributed by atoms with Gasteiger partial charge in [-0.25, -0.2) is 0 Å². The Bertz CT molecular complexity index is 355. The third-order valence-corrected chi connectivity index (χ3v) is 4.35. The van der Waals surface area contributed by atoms with Gasteiger partial charge in [-0.3, -0.25) is 0 Å². The predicted octanol–water partition coefficient (Wildman–Crippen LogP) is 3.81. The summed E-state index contributed by atoms with van der Waals surface area (Å²) in [5.41, 5.74) is 1.98. The van der Waals surface area contributed by atoms with Gasteiger partial charge in [0, 0.05) is 6.04 Å². The van der Waals surface area contributed by atoms with Crippen LogP contribution in [0.1, 0.15) is 45.1 Å². The molecule has 1 N–H and O–H groups in total. The first-order valence-corrected chi connectivity index (χ1v) is 6.77. The fraction of sp³-hybridized carbons (Fsp3) is 0.625. The average Bonchev–Trinajstić information content (AvgIpc) is 3.10. The van der Waals surface area contributed by atoms with Gasteiger partial charge in [-0.05, 0) is 49.6 Å². The van der Waals surface area contributed by atoms with Gasteiger partial charge < -0.3 is 5.32 Å². The third kappa shape index (κ3) is 2.90. The monoisotopic (exact) mass is 231 g/mol. The molecule has 1 aromatic carbocycles. The van der Waals surface area contributed by atoms with E-state index in [1.165, 1.54) is 18.4 Å². The molecule has 17 heavy (non-hydrogen) atoms. The quantitative estimate of drug-likeness (QED) is 0.812. The van der Waals surface area contributed by atoms with Gasteiger partial charge in [-0.2, -0.15) is 0 Å². The molecule has 1 aromatic rings. The predicted molar refractivity (Wildman–Crippen MR) is 74.2 cm³/mol. The van der Waals surface area contributed by atoms with Crippen molar-refractivity contribution in [3.8, 4) is 0 Å². The summed E-state index contributed by atoms with van der Waals surface area (Å²) in [6.07, 6.45) is 2.63. The molecule has 1 aliphatic rings. The molecule has 0 saturated heterocycles. The smallest absolute Gasteiger partial charge is 0.00409 e. The number of hydrogen-bond donors (Lipinski definition) is 1. The standard InChI is InChI=1S/C16H25N/c1-12(17-4)11-16(2,3)15-10-14(15)13-8-6-5-7-9-13/h5-9,12,14-15,17H,10-11H2,1-4H3. The van der Waals surface area contributed by atoms with Gasteiger partial charge in [-0.15, -0.1) is 0 Å². The lowest BCUT2D eigenvalue weighted by Gasteiger charge is -2.28. The van der Waals surface area contributed by atoms with Crippen molar-refractivity contribution in [2.24, 2.45) is 11.3 Å². The average molecular weight is 231 g/mol. The molecule has 1 heteroatoms. The lowest BCUT2D eigenvalue weighted by Crippen LogP contribution is -2.29.